The van der Waals surface area contributed by atoms with Crippen LogP contribution in [0.3, 0.4) is 0 Å². The summed E-state index contributed by atoms with van der Waals surface area (Å²) in [7, 11) is 0. The minimum absolute atomic E-state index is 0. The van der Waals surface area contributed by atoms with E-state index in [1.54, 1.807) is 0 Å². The monoisotopic (exact) mass is 211 g/mol. The number of carbonyl (C=O) groups is 2. The number of hydrogen-bond donors (Lipinski definition) is 2. The van der Waals surface area contributed by atoms with Gasteiger partial charge in [0.05, 0.1) is 0 Å². The van der Waals surface area contributed by atoms with Gasteiger partial charge in [-0.15, -0.1) is 0 Å². The summed E-state index contributed by atoms with van der Waals surface area (Å²) in [4.78, 5) is 18.2. The van der Waals surface area contributed by atoms with Crippen molar-refractivity contribution in [2.45, 2.75) is 0 Å². The molecule has 0 bridgehead atoms. The second-order valence-corrected chi connectivity index (χ2v) is 0.610. The van der Waals surface area contributed by atoms with Gasteiger partial charge < -0.3 is 10.2 Å². The zero-order valence-electron chi connectivity index (χ0n) is 3.33. The van der Waals surface area contributed by atoms with Crippen LogP contribution in [0.4, 0.5) is 0 Å². The zero-order valence-corrected chi connectivity index (χ0v) is 5.26. The minimum atomic E-state index is -1.82. The Morgan fingerprint density at radius 2 is 1.12 bits per heavy atom. The Morgan fingerprint density at radius 1 is 1.00 bits per heavy atom. The van der Waals surface area contributed by atoms with E-state index >= 15 is 0 Å². The maximum absolute atomic E-state index is 9.10. The second kappa shape index (κ2) is 6.95. The van der Waals surface area contributed by atoms with Gasteiger partial charge in [-0.25, -0.2) is 9.59 Å². The van der Waals surface area contributed by atoms with Crippen LogP contribution in [0.1, 0.15) is 0 Å². The van der Waals surface area contributed by atoms with Crippen LogP contribution in [0.25, 0.3) is 0 Å². The van der Waals surface area contributed by atoms with Gasteiger partial charge >= 0.3 is 11.9 Å². The topological polar surface area (TPSA) is 74.6 Å². The molecule has 0 aromatic heterocycles. The van der Waals surface area contributed by atoms with Crippen molar-refractivity contribution in [2.24, 2.45) is 0 Å². The molecule has 0 saturated carbocycles. The maximum Gasteiger partial charge on any atom is 0.414 e. The van der Waals surface area contributed by atoms with Gasteiger partial charge in [-0.1, -0.05) is 0 Å². The van der Waals surface area contributed by atoms with Crippen LogP contribution in [0.2, 0.25) is 0 Å². The molecule has 0 rings (SSSR count). The van der Waals surface area contributed by atoms with E-state index in [0.29, 0.717) is 0 Å². The summed E-state index contributed by atoms with van der Waals surface area (Å²) in [5, 5.41) is 14.8. The molecule has 0 aliphatic heterocycles. The van der Waals surface area contributed by atoms with Crippen molar-refractivity contribution in [1.29, 1.82) is 0 Å². The van der Waals surface area contributed by atoms with Gasteiger partial charge in [-0.2, -0.15) is 0 Å². The van der Waals surface area contributed by atoms with E-state index in [2.05, 4.69) is 0 Å². The Hall–Kier alpha value is -0.0470. The molecule has 0 unspecified atom stereocenters. The molecule has 55 valence electrons. The first-order valence-corrected chi connectivity index (χ1v) is 1.11. The fourth-order valence-corrected chi connectivity index (χ4v) is 0. The third-order valence-corrected chi connectivity index (χ3v) is 0.183. The molecule has 0 aliphatic rings. The Labute approximate surface area is 65.7 Å². The molecule has 0 fully saturated rings. The molecule has 0 heterocycles. The van der Waals surface area contributed by atoms with Crippen LogP contribution < -0.4 is 0 Å². The van der Waals surface area contributed by atoms with Crippen LogP contribution in [0.15, 0.2) is 0 Å². The van der Waals surface area contributed by atoms with Crippen molar-refractivity contribution in [2.75, 3.05) is 0 Å². The molecule has 8 heavy (non-hydrogen) atoms. The Kier molecular flexibility index (Phi) is 13.6. The number of rotatable bonds is 0. The van der Waals surface area contributed by atoms with Crippen LogP contribution >= 0.6 is 0 Å². The van der Waals surface area contributed by atoms with Crippen LogP contribution in [-0.4, -0.2) is 22.2 Å². The smallest absolute Gasteiger partial charge is 0.414 e. The van der Waals surface area contributed by atoms with Gasteiger partial charge in [0, 0.05) is 33.6 Å². The first kappa shape index (κ1) is 15.7. The first-order chi connectivity index (χ1) is 2.64. The van der Waals surface area contributed by atoms with Crippen molar-refractivity contribution in [3.63, 3.8) is 0 Å². The van der Waals surface area contributed by atoms with Crippen LogP contribution in [0.5, 0.6) is 0 Å². The molecule has 6 heteroatoms. The van der Waals surface area contributed by atoms with Gasteiger partial charge in [0.25, 0.3) is 0 Å². The predicted octanol–water partition coefficient (Wildman–Crippen LogP) is -0.849. The number of aliphatic carboxylic acids is 2. The average Bonchev–Trinajstić information content (AvgIpc) is 1.36. The molecule has 4 nitrogen and oxygen atoms in total. The maximum atomic E-state index is 9.10. The van der Waals surface area contributed by atoms with E-state index in [-0.39, 0.29) is 33.6 Å². The Morgan fingerprint density at radius 3 is 1.12 bits per heavy atom. The normalized spacial score (nSPS) is 5.50. The molecule has 0 atom stereocenters. The standard InChI is InChI=1S/C2H2O4.Cu.Ni/c3-1(4)2(5)6;;/h(H,3,4)(H,5,6);;. The van der Waals surface area contributed by atoms with Gasteiger partial charge in [-0.05, 0) is 0 Å². The molecule has 0 aromatic carbocycles. The summed E-state index contributed by atoms with van der Waals surface area (Å²) in [5.74, 6) is -3.65. The summed E-state index contributed by atoms with van der Waals surface area (Å²) in [5.41, 5.74) is 0. The third kappa shape index (κ3) is 9.35. The van der Waals surface area contributed by atoms with Gasteiger partial charge in [-0.3, -0.25) is 0 Å². The van der Waals surface area contributed by atoms with Crippen LogP contribution in [-0.2, 0) is 43.1 Å². The number of carboxylic acids is 2. The Bertz CT molecular complexity index is 80.0. The third-order valence-electron chi connectivity index (χ3n) is 0.183. The van der Waals surface area contributed by atoms with Crippen molar-refractivity contribution in [1.82, 2.24) is 0 Å². The van der Waals surface area contributed by atoms with Crippen molar-refractivity contribution >= 4 is 11.9 Å². The first-order valence-electron chi connectivity index (χ1n) is 1.11. The largest absolute Gasteiger partial charge is 0.473 e. The zero-order chi connectivity index (χ0) is 5.15. The SMILES string of the molecule is O=C(O)C(=O)O.[Cu].[Ni]. The molecule has 0 saturated heterocycles. The predicted molar refractivity (Wildman–Crippen MR) is 15.3 cm³/mol. The fraction of sp³-hybridized carbons (Fsp3) is 0. The molecule has 0 aromatic rings. The van der Waals surface area contributed by atoms with E-state index < -0.39 is 11.9 Å². The van der Waals surface area contributed by atoms with E-state index in [4.69, 9.17) is 19.8 Å². The molecule has 1 radical (unpaired) electrons. The van der Waals surface area contributed by atoms with Crippen molar-refractivity contribution in [3.8, 4) is 0 Å². The summed E-state index contributed by atoms with van der Waals surface area (Å²) in [6, 6.07) is 0. The average molecular weight is 212 g/mol. The number of carboxylic acid groups (broad SMARTS) is 2. The molecular weight excluding hydrogens is 210 g/mol. The second-order valence-electron chi connectivity index (χ2n) is 0.610. The molecule has 0 aliphatic carbocycles. The fourth-order valence-electron chi connectivity index (χ4n) is 0. The summed E-state index contributed by atoms with van der Waals surface area (Å²) < 4.78 is 0. The Balaban J connectivity index is -0.000000125. The van der Waals surface area contributed by atoms with E-state index in [9.17, 15) is 0 Å². The van der Waals surface area contributed by atoms with Gasteiger partial charge in [0.2, 0.25) is 0 Å². The number of hydrogen-bond acceptors (Lipinski definition) is 2. The molecular formula is C2H2CuNiO4. The van der Waals surface area contributed by atoms with Crippen molar-refractivity contribution < 1.29 is 53.4 Å². The summed E-state index contributed by atoms with van der Waals surface area (Å²) in [6.45, 7) is 0. The van der Waals surface area contributed by atoms with Gasteiger partial charge in [0.15, 0.2) is 0 Å². The molecule has 0 spiro atoms. The van der Waals surface area contributed by atoms with Gasteiger partial charge in [0.1, 0.15) is 0 Å². The summed E-state index contributed by atoms with van der Waals surface area (Å²) in [6.07, 6.45) is 0. The quantitative estimate of drug-likeness (QED) is 0.405. The molecule has 2 N–H and O–H groups in total. The van der Waals surface area contributed by atoms with E-state index in [0.717, 1.165) is 0 Å². The van der Waals surface area contributed by atoms with E-state index in [1.807, 2.05) is 0 Å². The summed E-state index contributed by atoms with van der Waals surface area (Å²) >= 11 is 0. The van der Waals surface area contributed by atoms with Crippen molar-refractivity contribution in [3.05, 3.63) is 0 Å². The van der Waals surface area contributed by atoms with Crippen LogP contribution in [0, 0.1) is 0 Å². The molecule has 0 amide bonds. The van der Waals surface area contributed by atoms with E-state index in [1.165, 1.54) is 0 Å². The minimum Gasteiger partial charge on any atom is -0.473 e.